The van der Waals surface area contributed by atoms with Gasteiger partial charge < -0.3 is 30.9 Å². The Kier molecular flexibility index (Phi) is 7.13. The number of fused-ring (bicyclic) bond motifs is 3. The molecule has 5 N–H and O–H groups in total. The molecule has 0 radical (unpaired) electrons. The number of hydrogen-bond donors (Lipinski definition) is 4. The van der Waals surface area contributed by atoms with Gasteiger partial charge in [0.05, 0.1) is 11.4 Å². The molecule has 3 heterocycles. The number of halogens is 1. The van der Waals surface area contributed by atoms with Gasteiger partial charge in [-0.3, -0.25) is 0 Å². The number of nitrogens with two attached hydrogens (primary N) is 1. The lowest BCUT2D eigenvalue weighted by atomic mass is 10.1. The zero-order chi connectivity index (χ0) is 25.1. The van der Waals surface area contributed by atoms with Crippen LogP contribution in [0.3, 0.4) is 0 Å². The zero-order valence-corrected chi connectivity index (χ0v) is 21.1. The normalized spacial score (nSPS) is 15.2. The number of aromatic amines is 1. The molecular formula is C28H31ClN6O. The third-order valence-corrected chi connectivity index (χ3v) is 6.83. The summed E-state index contributed by atoms with van der Waals surface area (Å²) < 4.78 is 0. The first kappa shape index (κ1) is 24.2. The number of hydrogen-bond acceptors (Lipinski definition) is 6. The van der Waals surface area contributed by atoms with Gasteiger partial charge in [0.2, 0.25) is 0 Å². The number of para-hydroxylation sites is 1. The van der Waals surface area contributed by atoms with Crippen molar-refractivity contribution in [1.82, 2.24) is 14.8 Å². The zero-order valence-electron chi connectivity index (χ0n) is 20.3. The molecule has 7 nitrogen and oxygen atoms in total. The van der Waals surface area contributed by atoms with Gasteiger partial charge >= 0.3 is 0 Å². The molecule has 0 unspecified atom stereocenters. The molecule has 0 saturated carbocycles. The second kappa shape index (κ2) is 10.6. The van der Waals surface area contributed by atoms with Crippen LogP contribution in [0.25, 0.3) is 10.9 Å². The molecule has 0 spiro atoms. The van der Waals surface area contributed by atoms with Crippen LogP contribution in [0.1, 0.15) is 11.1 Å². The highest BCUT2D eigenvalue weighted by molar-refractivity contribution is 6.31. The van der Waals surface area contributed by atoms with Crippen LogP contribution in [0, 0.1) is 0 Å². The van der Waals surface area contributed by atoms with Crippen molar-refractivity contribution in [2.45, 2.75) is 6.42 Å². The van der Waals surface area contributed by atoms with Crippen LogP contribution in [0.4, 0.5) is 17.1 Å². The standard InChI is InChI=1S/C18H19ClN4.C10H12N2O/c1-22-8-10-23(11-9-22)18-14-4-2-3-5-15(14)20-16-7-6-13(19)12-17(16)21-18;11-4-3-7-6-12-10-2-1-8(13)5-9(7)10/h2-7,12,20H,8-11H2,1H3;1-2,5-6,12-13H,3-4,11H2. The number of phenolic OH excluding ortho intramolecular Hbond substituents is 1. The van der Waals surface area contributed by atoms with E-state index in [0.29, 0.717) is 17.3 Å². The van der Waals surface area contributed by atoms with Crippen molar-refractivity contribution in [3.8, 4) is 5.75 Å². The summed E-state index contributed by atoms with van der Waals surface area (Å²) >= 11 is 6.18. The summed E-state index contributed by atoms with van der Waals surface area (Å²) in [5.74, 6) is 1.33. The van der Waals surface area contributed by atoms with E-state index in [4.69, 9.17) is 22.3 Å². The molecule has 0 bridgehead atoms. The van der Waals surface area contributed by atoms with E-state index in [-0.39, 0.29) is 0 Å². The number of aromatic hydroxyl groups is 1. The predicted molar refractivity (Wildman–Crippen MR) is 149 cm³/mol. The number of phenols is 1. The fourth-order valence-corrected chi connectivity index (χ4v) is 4.76. The Morgan fingerprint density at radius 3 is 2.61 bits per heavy atom. The smallest absolute Gasteiger partial charge is 0.138 e. The summed E-state index contributed by atoms with van der Waals surface area (Å²) in [6, 6.07) is 19.5. The first-order chi connectivity index (χ1) is 17.5. The van der Waals surface area contributed by atoms with Gasteiger partial charge in [-0.25, -0.2) is 4.99 Å². The number of nitrogens with zero attached hydrogens (tertiary/aromatic N) is 3. The van der Waals surface area contributed by atoms with Gasteiger partial charge in [-0.1, -0.05) is 23.7 Å². The second-order valence-corrected chi connectivity index (χ2v) is 9.58. The lowest BCUT2D eigenvalue weighted by Crippen LogP contribution is -2.47. The Labute approximate surface area is 216 Å². The summed E-state index contributed by atoms with van der Waals surface area (Å²) in [6.07, 6.45) is 2.78. The number of aliphatic imine (C=N–C) groups is 1. The van der Waals surface area contributed by atoms with Crippen molar-refractivity contribution >= 4 is 45.4 Å². The average Bonchev–Trinajstić information content (AvgIpc) is 3.19. The average molecular weight is 503 g/mol. The molecule has 8 heteroatoms. The van der Waals surface area contributed by atoms with Crippen LogP contribution in [-0.4, -0.2) is 65.5 Å². The molecule has 1 saturated heterocycles. The number of amidine groups is 1. The molecule has 6 rings (SSSR count). The van der Waals surface area contributed by atoms with Crippen LogP contribution in [0.2, 0.25) is 5.02 Å². The monoisotopic (exact) mass is 502 g/mol. The fourth-order valence-electron chi connectivity index (χ4n) is 4.60. The number of nitrogens with one attached hydrogen (secondary N) is 2. The van der Waals surface area contributed by atoms with Gasteiger partial charge in [0.25, 0.3) is 0 Å². The molecule has 1 aromatic heterocycles. The summed E-state index contributed by atoms with van der Waals surface area (Å²) in [7, 11) is 2.16. The van der Waals surface area contributed by atoms with E-state index in [9.17, 15) is 5.11 Å². The summed E-state index contributed by atoms with van der Waals surface area (Å²) in [5, 5.41) is 14.6. The molecule has 0 aliphatic carbocycles. The number of piperazine rings is 1. The maximum Gasteiger partial charge on any atom is 0.138 e. The lowest BCUT2D eigenvalue weighted by molar-refractivity contribution is 0.216. The summed E-state index contributed by atoms with van der Waals surface area (Å²) in [4.78, 5) is 12.8. The largest absolute Gasteiger partial charge is 0.508 e. The maximum atomic E-state index is 9.30. The predicted octanol–water partition coefficient (Wildman–Crippen LogP) is 5.10. The van der Waals surface area contributed by atoms with E-state index in [1.165, 1.54) is 0 Å². The maximum absolute atomic E-state index is 9.30. The summed E-state index contributed by atoms with van der Waals surface area (Å²) in [6.45, 7) is 4.70. The van der Waals surface area contributed by atoms with Crippen molar-refractivity contribution in [3.05, 3.63) is 83.0 Å². The number of likely N-dealkylation sites (N-methyl/N-ethyl adjacent to an activating group) is 1. The number of anilines is 2. The molecular weight excluding hydrogens is 472 g/mol. The van der Waals surface area contributed by atoms with E-state index in [0.717, 1.165) is 77.5 Å². The van der Waals surface area contributed by atoms with Crippen molar-refractivity contribution in [2.24, 2.45) is 10.7 Å². The van der Waals surface area contributed by atoms with Crippen molar-refractivity contribution in [3.63, 3.8) is 0 Å². The minimum absolute atomic E-state index is 0.297. The van der Waals surface area contributed by atoms with Crippen LogP contribution in [0.15, 0.2) is 71.9 Å². The van der Waals surface area contributed by atoms with E-state index >= 15 is 0 Å². The second-order valence-electron chi connectivity index (χ2n) is 9.14. The van der Waals surface area contributed by atoms with E-state index in [1.807, 2.05) is 36.5 Å². The third-order valence-electron chi connectivity index (χ3n) is 6.59. The third kappa shape index (κ3) is 5.18. The molecule has 2 aliphatic rings. The van der Waals surface area contributed by atoms with E-state index in [1.54, 1.807) is 12.1 Å². The minimum atomic E-state index is 0.297. The Balaban J connectivity index is 0.000000174. The molecule has 3 aromatic carbocycles. The number of benzene rings is 3. The van der Waals surface area contributed by atoms with Crippen molar-refractivity contribution in [1.29, 1.82) is 0 Å². The number of aromatic nitrogens is 1. The molecule has 36 heavy (non-hydrogen) atoms. The Morgan fingerprint density at radius 2 is 1.81 bits per heavy atom. The highest BCUT2D eigenvalue weighted by Gasteiger charge is 2.23. The Bertz CT molecular complexity index is 1390. The minimum Gasteiger partial charge on any atom is -0.508 e. The molecule has 4 aromatic rings. The topological polar surface area (TPSA) is 92.9 Å². The Morgan fingerprint density at radius 1 is 1.00 bits per heavy atom. The molecule has 0 atom stereocenters. The van der Waals surface area contributed by atoms with Gasteiger partial charge in [0, 0.05) is 59.6 Å². The highest BCUT2D eigenvalue weighted by Crippen LogP contribution is 2.36. The van der Waals surface area contributed by atoms with Crippen molar-refractivity contribution < 1.29 is 5.11 Å². The molecule has 0 amide bonds. The van der Waals surface area contributed by atoms with E-state index in [2.05, 4.69) is 45.3 Å². The van der Waals surface area contributed by atoms with Crippen molar-refractivity contribution in [2.75, 3.05) is 45.1 Å². The van der Waals surface area contributed by atoms with E-state index < -0.39 is 0 Å². The first-order valence-corrected chi connectivity index (χ1v) is 12.6. The lowest BCUT2D eigenvalue weighted by Gasteiger charge is -2.34. The number of rotatable bonds is 2. The SMILES string of the molecule is CN1CCN(C2=Nc3cc(Cl)ccc3Nc3ccccc32)CC1.NCCc1c[nH]c2ccc(O)cc12. The molecule has 1 fully saturated rings. The van der Waals surface area contributed by atoms with Gasteiger partial charge in [-0.2, -0.15) is 0 Å². The molecule has 2 aliphatic heterocycles. The fraction of sp³-hybridized carbons (Fsp3) is 0.250. The van der Waals surface area contributed by atoms with Gasteiger partial charge in [-0.05, 0) is 74.1 Å². The summed E-state index contributed by atoms with van der Waals surface area (Å²) in [5.41, 5.74) is 11.8. The van der Waals surface area contributed by atoms with Crippen LogP contribution in [0.5, 0.6) is 5.75 Å². The Hall–Kier alpha value is -3.52. The number of H-pyrrole nitrogens is 1. The van der Waals surface area contributed by atoms with Gasteiger partial charge in [0.1, 0.15) is 11.6 Å². The van der Waals surface area contributed by atoms with Gasteiger partial charge in [-0.15, -0.1) is 0 Å². The van der Waals surface area contributed by atoms with Crippen LogP contribution in [-0.2, 0) is 6.42 Å². The van der Waals surface area contributed by atoms with Crippen LogP contribution < -0.4 is 11.1 Å². The van der Waals surface area contributed by atoms with Crippen LogP contribution >= 0.6 is 11.6 Å². The first-order valence-electron chi connectivity index (χ1n) is 12.2. The van der Waals surface area contributed by atoms with Gasteiger partial charge in [0.15, 0.2) is 0 Å². The molecule has 186 valence electrons. The highest BCUT2D eigenvalue weighted by atomic mass is 35.5. The quantitative estimate of drug-likeness (QED) is 0.306.